The molecule has 1 fully saturated rings. The molecule has 1 aliphatic heterocycles. The molecule has 0 spiro atoms. The first kappa shape index (κ1) is 17.9. The van der Waals surface area contributed by atoms with Crippen LogP contribution in [0.2, 0.25) is 5.15 Å². The summed E-state index contributed by atoms with van der Waals surface area (Å²) in [6, 6.07) is 0.158. The molecule has 1 atom stereocenters. The van der Waals surface area contributed by atoms with E-state index in [1.54, 1.807) is 12.4 Å². The van der Waals surface area contributed by atoms with Crippen molar-refractivity contribution in [1.82, 2.24) is 19.8 Å². The Kier molecular flexibility index (Phi) is 5.81. The summed E-state index contributed by atoms with van der Waals surface area (Å²) < 4.78 is 5.50. The number of rotatable bonds is 4. The lowest BCUT2D eigenvalue weighted by molar-refractivity contribution is 0.0201. The van der Waals surface area contributed by atoms with E-state index in [1.165, 1.54) is 0 Å². The van der Waals surface area contributed by atoms with Gasteiger partial charge < -0.3 is 9.64 Å². The minimum atomic E-state index is -0.469. The number of nitrogens with zero attached hydrogens (tertiary/aromatic N) is 4. The van der Waals surface area contributed by atoms with E-state index in [0.717, 1.165) is 31.6 Å². The molecule has 7 heteroatoms. The number of likely N-dealkylation sites (N-methyl/N-ethyl adjacent to an activating group) is 1. The van der Waals surface area contributed by atoms with E-state index in [9.17, 15) is 4.79 Å². The van der Waals surface area contributed by atoms with E-state index >= 15 is 0 Å². The minimum absolute atomic E-state index is 0.158. The Morgan fingerprint density at radius 1 is 1.43 bits per heavy atom. The first-order valence-electron chi connectivity index (χ1n) is 7.90. The molecule has 1 aliphatic rings. The van der Waals surface area contributed by atoms with Crippen molar-refractivity contribution in [3.05, 3.63) is 23.2 Å². The molecule has 128 valence electrons. The molecule has 6 nitrogen and oxygen atoms in total. The summed E-state index contributed by atoms with van der Waals surface area (Å²) in [7, 11) is 2.00. The standard InChI is InChI=1S/C16H25ClN4O2/c1-16(2,3)23-15(22)21-9-5-6-12(21)10-20(4)11-13-14(17)19-8-7-18-13/h7-8,12H,5-6,9-11H2,1-4H3. The number of halogens is 1. The van der Waals surface area contributed by atoms with Gasteiger partial charge in [0, 0.05) is 38.1 Å². The fraction of sp³-hybridized carbons (Fsp3) is 0.688. The van der Waals surface area contributed by atoms with E-state index in [4.69, 9.17) is 16.3 Å². The molecule has 0 aliphatic carbocycles. The highest BCUT2D eigenvalue weighted by molar-refractivity contribution is 6.29. The molecule has 2 rings (SSSR count). The van der Waals surface area contributed by atoms with Crippen LogP contribution in [0.25, 0.3) is 0 Å². The Labute approximate surface area is 142 Å². The highest BCUT2D eigenvalue weighted by Gasteiger charge is 2.32. The molecule has 2 heterocycles. The molecule has 1 aromatic heterocycles. The van der Waals surface area contributed by atoms with E-state index in [1.807, 2.05) is 32.7 Å². The second-order valence-corrected chi connectivity index (χ2v) is 7.32. The number of ether oxygens (including phenoxy) is 1. The van der Waals surface area contributed by atoms with Gasteiger partial charge in [-0.05, 0) is 40.7 Å². The quantitative estimate of drug-likeness (QED) is 0.843. The van der Waals surface area contributed by atoms with Crippen LogP contribution in [0.4, 0.5) is 4.79 Å². The summed E-state index contributed by atoms with van der Waals surface area (Å²) in [5.74, 6) is 0. The topological polar surface area (TPSA) is 58.6 Å². The van der Waals surface area contributed by atoms with Crippen LogP contribution in [0.5, 0.6) is 0 Å². The van der Waals surface area contributed by atoms with Gasteiger partial charge in [0.25, 0.3) is 0 Å². The summed E-state index contributed by atoms with van der Waals surface area (Å²) in [5, 5.41) is 0.426. The number of carbonyl (C=O) groups excluding carboxylic acids is 1. The van der Waals surface area contributed by atoms with Gasteiger partial charge in [-0.15, -0.1) is 0 Å². The van der Waals surface area contributed by atoms with Gasteiger partial charge >= 0.3 is 6.09 Å². The number of likely N-dealkylation sites (tertiary alicyclic amines) is 1. The van der Waals surface area contributed by atoms with Crippen molar-refractivity contribution in [3.63, 3.8) is 0 Å². The van der Waals surface area contributed by atoms with Gasteiger partial charge in [0.2, 0.25) is 0 Å². The Hall–Kier alpha value is -1.40. The van der Waals surface area contributed by atoms with Crippen LogP contribution in [-0.4, -0.2) is 57.6 Å². The highest BCUT2D eigenvalue weighted by atomic mass is 35.5. The van der Waals surface area contributed by atoms with E-state index in [2.05, 4.69) is 14.9 Å². The summed E-state index contributed by atoms with van der Waals surface area (Å²) in [6.45, 7) is 7.77. The zero-order chi connectivity index (χ0) is 17.0. The second kappa shape index (κ2) is 7.45. The van der Waals surface area contributed by atoms with Crippen LogP contribution in [0, 0.1) is 0 Å². The number of amides is 1. The number of hydrogen-bond donors (Lipinski definition) is 0. The first-order valence-corrected chi connectivity index (χ1v) is 8.27. The van der Waals surface area contributed by atoms with Crippen LogP contribution in [0.15, 0.2) is 12.4 Å². The molecular weight excluding hydrogens is 316 g/mol. The smallest absolute Gasteiger partial charge is 0.410 e. The van der Waals surface area contributed by atoms with Crippen molar-refractivity contribution >= 4 is 17.7 Å². The van der Waals surface area contributed by atoms with Crippen LogP contribution < -0.4 is 0 Å². The maximum absolute atomic E-state index is 12.3. The summed E-state index contributed by atoms with van der Waals surface area (Å²) in [4.78, 5) is 24.5. The number of aromatic nitrogens is 2. The van der Waals surface area contributed by atoms with Crippen LogP contribution >= 0.6 is 11.6 Å². The number of carbonyl (C=O) groups is 1. The second-order valence-electron chi connectivity index (χ2n) is 6.96. The van der Waals surface area contributed by atoms with Gasteiger partial charge in [-0.3, -0.25) is 9.88 Å². The summed E-state index contributed by atoms with van der Waals surface area (Å²) in [6.07, 6.45) is 4.97. The van der Waals surface area contributed by atoms with Crippen molar-refractivity contribution in [3.8, 4) is 0 Å². The Morgan fingerprint density at radius 2 is 2.13 bits per heavy atom. The third-order valence-electron chi connectivity index (χ3n) is 3.67. The van der Waals surface area contributed by atoms with E-state index < -0.39 is 5.60 Å². The maximum atomic E-state index is 12.3. The predicted molar refractivity (Wildman–Crippen MR) is 89.3 cm³/mol. The van der Waals surface area contributed by atoms with Crippen LogP contribution in [0.3, 0.4) is 0 Å². The normalized spacial score (nSPS) is 18.5. The van der Waals surface area contributed by atoms with Crippen molar-refractivity contribution in [2.24, 2.45) is 0 Å². The van der Waals surface area contributed by atoms with E-state index in [0.29, 0.717) is 11.7 Å². The largest absolute Gasteiger partial charge is 0.444 e. The van der Waals surface area contributed by atoms with Gasteiger partial charge in [0.1, 0.15) is 5.60 Å². The third kappa shape index (κ3) is 5.32. The van der Waals surface area contributed by atoms with Crippen molar-refractivity contribution in [1.29, 1.82) is 0 Å². The zero-order valence-electron chi connectivity index (χ0n) is 14.3. The SMILES string of the molecule is CN(Cc1nccnc1Cl)CC1CCCN1C(=O)OC(C)(C)C. The Bertz CT molecular complexity index is 547. The lowest BCUT2D eigenvalue weighted by Gasteiger charge is -2.30. The average molecular weight is 341 g/mol. The van der Waals surface area contributed by atoms with Crippen molar-refractivity contribution < 1.29 is 9.53 Å². The molecule has 1 saturated heterocycles. The summed E-state index contributed by atoms with van der Waals surface area (Å²) >= 11 is 6.05. The predicted octanol–water partition coefficient (Wildman–Crippen LogP) is 2.96. The monoisotopic (exact) mass is 340 g/mol. The summed E-state index contributed by atoms with van der Waals surface area (Å²) in [5.41, 5.74) is 0.280. The first-order chi connectivity index (χ1) is 10.8. The van der Waals surface area contributed by atoms with Crippen LogP contribution in [-0.2, 0) is 11.3 Å². The minimum Gasteiger partial charge on any atom is -0.444 e. The molecule has 23 heavy (non-hydrogen) atoms. The van der Waals surface area contributed by atoms with Crippen LogP contribution in [0.1, 0.15) is 39.3 Å². The van der Waals surface area contributed by atoms with Crippen molar-refractivity contribution in [2.45, 2.75) is 51.8 Å². The molecule has 0 bridgehead atoms. The molecule has 1 unspecified atom stereocenters. The lowest BCUT2D eigenvalue weighted by Crippen LogP contribution is -2.44. The molecule has 1 aromatic rings. The van der Waals surface area contributed by atoms with E-state index in [-0.39, 0.29) is 12.1 Å². The van der Waals surface area contributed by atoms with Gasteiger partial charge in [0.15, 0.2) is 5.15 Å². The molecule has 0 aromatic carbocycles. The number of hydrogen-bond acceptors (Lipinski definition) is 5. The molecule has 0 radical (unpaired) electrons. The lowest BCUT2D eigenvalue weighted by atomic mass is 10.2. The zero-order valence-corrected chi connectivity index (χ0v) is 15.0. The molecule has 0 saturated carbocycles. The average Bonchev–Trinajstić information content (AvgIpc) is 2.87. The van der Waals surface area contributed by atoms with Gasteiger partial charge in [-0.25, -0.2) is 9.78 Å². The maximum Gasteiger partial charge on any atom is 0.410 e. The van der Waals surface area contributed by atoms with Gasteiger partial charge in [0.05, 0.1) is 5.69 Å². The molecular formula is C16H25ClN4O2. The molecule has 1 amide bonds. The molecule has 0 N–H and O–H groups in total. The highest BCUT2D eigenvalue weighted by Crippen LogP contribution is 2.22. The Morgan fingerprint density at radius 3 is 2.78 bits per heavy atom. The van der Waals surface area contributed by atoms with Gasteiger partial charge in [-0.1, -0.05) is 11.6 Å². The Balaban J connectivity index is 1.93. The van der Waals surface area contributed by atoms with Gasteiger partial charge in [-0.2, -0.15) is 0 Å². The van der Waals surface area contributed by atoms with Crippen molar-refractivity contribution in [2.75, 3.05) is 20.1 Å². The fourth-order valence-electron chi connectivity index (χ4n) is 2.72. The fourth-order valence-corrected chi connectivity index (χ4v) is 2.89. The third-order valence-corrected chi connectivity index (χ3v) is 3.99.